The summed E-state index contributed by atoms with van der Waals surface area (Å²) in [6.07, 6.45) is 12.9. The Morgan fingerprint density at radius 1 is 1.05 bits per heavy atom. The Bertz CT molecular complexity index is 504. The molecule has 0 spiro atoms. The van der Waals surface area contributed by atoms with E-state index in [0.717, 1.165) is 17.7 Å². The van der Waals surface area contributed by atoms with Crippen LogP contribution in [-0.2, 0) is 0 Å². The molecule has 114 valence electrons. The summed E-state index contributed by atoms with van der Waals surface area (Å²) in [5, 5.41) is 4.41. The van der Waals surface area contributed by atoms with E-state index in [0.29, 0.717) is 0 Å². The van der Waals surface area contributed by atoms with E-state index in [-0.39, 0.29) is 6.04 Å². The van der Waals surface area contributed by atoms with Gasteiger partial charge in [0.05, 0.1) is 11.9 Å². The number of nitrogens with zero attached hydrogens (tertiary/aromatic N) is 2. The summed E-state index contributed by atoms with van der Waals surface area (Å²) in [6, 6.07) is 10.3. The van der Waals surface area contributed by atoms with E-state index < -0.39 is 0 Å². The van der Waals surface area contributed by atoms with Crippen LogP contribution in [0.5, 0.6) is 0 Å². The van der Waals surface area contributed by atoms with E-state index in [1.165, 1.54) is 38.5 Å². The van der Waals surface area contributed by atoms with Gasteiger partial charge in [-0.1, -0.05) is 63.6 Å². The van der Waals surface area contributed by atoms with Crippen molar-refractivity contribution in [2.75, 3.05) is 0 Å². The quantitative estimate of drug-likeness (QED) is 0.683. The first-order valence-electron chi connectivity index (χ1n) is 8.17. The van der Waals surface area contributed by atoms with Crippen molar-refractivity contribution in [2.45, 2.75) is 57.9 Å². The maximum Gasteiger partial charge on any atom is 0.0645 e. The second kappa shape index (κ2) is 8.63. The molecule has 3 heteroatoms. The van der Waals surface area contributed by atoms with Crippen LogP contribution in [0.4, 0.5) is 0 Å². The van der Waals surface area contributed by atoms with Gasteiger partial charge in [-0.25, -0.2) is 4.68 Å². The number of aromatic nitrogens is 2. The van der Waals surface area contributed by atoms with Crippen LogP contribution in [0, 0.1) is 0 Å². The summed E-state index contributed by atoms with van der Waals surface area (Å²) >= 11 is 0. The highest BCUT2D eigenvalue weighted by Gasteiger charge is 2.09. The van der Waals surface area contributed by atoms with Gasteiger partial charge in [0.25, 0.3) is 0 Å². The maximum atomic E-state index is 6.27. The molecule has 0 bridgehead atoms. The van der Waals surface area contributed by atoms with Crippen LogP contribution in [-0.4, -0.2) is 9.78 Å². The van der Waals surface area contributed by atoms with Gasteiger partial charge in [-0.2, -0.15) is 5.10 Å². The Balaban J connectivity index is 1.78. The van der Waals surface area contributed by atoms with E-state index in [1.54, 1.807) is 0 Å². The topological polar surface area (TPSA) is 43.8 Å². The van der Waals surface area contributed by atoms with Crippen molar-refractivity contribution in [3.8, 4) is 5.69 Å². The summed E-state index contributed by atoms with van der Waals surface area (Å²) < 4.78 is 1.90. The fourth-order valence-corrected chi connectivity index (χ4v) is 2.56. The second-order valence-corrected chi connectivity index (χ2v) is 5.72. The van der Waals surface area contributed by atoms with Crippen LogP contribution in [0.25, 0.3) is 5.69 Å². The van der Waals surface area contributed by atoms with Gasteiger partial charge in [-0.15, -0.1) is 0 Å². The van der Waals surface area contributed by atoms with Gasteiger partial charge in [0.1, 0.15) is 0 Å². The highest BCUT2D eigenvalue weighted by molar-refractivity contribution is 5.31. The third-order valence-electron chi connectivity index (χ3n) is 3.92. The number of rotatable bonds is 9. The van der Waals surface area contributed by atoms with Gasteiger partial charge in [-0.05, 0) is 18.6 Å². The molecule has 1 atom stereocenters. The highest BCUT2D eigenvalue weighted by Crippen LogP contribution is 2.19. The standard InChI is InChI=1S/C18H27N3/c1-2-3-4-5-6-10-13-18(19)16-14-20-21(15-16)17-11-8-7-9-12-17/h7-9,11-12,14-15,18H,2-6,10,13,19H2,1H3. The van der Waals surface area contributed by atoms with E-state index in [4.69, 9.17) is 5.73 Å². The fourth-order valence-electron chi connectivity index (χ4n) is 2.56. The number of hydrogen-bond donors (Lipinski definition) is 1. The Morgan fingerprint density at radius 2 is 1.76 bits per heavy atom. The fraction of sp³-hybridized carbons (Fsp3) is 0.500. The molecular weight excluding hydrogens is 258 g/mol. The van der Waals surface area contributed by atoms with Crippen molar-refractivity contribution in [3.05, 3.63) is 48.3 Å². The molecule has 0 aliphatic carbocycles. The average Bonchev–Trinajstić information content (AvgIpc) is 3.01. The van der Waals surface area contributed by atoms with Crippen LogP contribution in [0.3, 0.4) is 0 Å². The normalized spacial score (nSPS) is 12.5. The zero-order chi connectivity index (χ0) is 14.9. The zero-order valence-electron chi connectivity index (χ0n) is 13.0. The minimum Gasteiger partial charge on any atom is -0.324 e. The molecule has 1 aromatic carbocycles. The number of nitrogens with two attached hydrogens (primary N) is 1. The van der Waals surface area contributed by atoms with E-state index >= 15 is 0 Å². The van der Waals surface area contributed by atoms with Crippen molar-refractivity contribution in [1.82, 2.24) is 9.78 Å². The summed E-state index contributed by atoms with van der Waals surface area (Å²) in [5.41, 5.74) is 8.49. The molecule has 0 amide bonds. The van der Waals surface area contributed by atoms with Crippen LogP contribution >= 0.6 is 0 Å². The summed E-state index contributed by atoms with van der Waals surface area (Å²) in [7, 11) is 0. The van der Waals surface area contributed by atoms with Crippen molar-refractivity contribution >= 4 is 0 Å². The number of benzene rings is 1. The second-order valence-electron chi connectivity index (χ2n) is 5.72. The molecular formula is C18H27N3. The molecule has 2 aromatic rings. The van der Waals surface area contributed by atoms with E-state index in [9.17, 15) is 0 Å². The maximum absolute atomic E-state index is 6.27. The smallest absolute Gasteiger partial charge is 0.0645 e. The Labute approximate surface area is 128 Å². The third-order valence-corrected chi connectivity index (χ3v) is 3.92. The molecule has 21 heavy (non-hydrogen) atoms. The lowest BCUT2D eigenvalue weighted by Gasteiger charge is -2.09. The minimum atomic E-state index is 0.105. The van der Waals surface area contributed by atoms with Crippen molar-refractivity contribution < 1.29 is 0 Å². The first-order valence-corrected chi connectivity index (χ1v) is 8.17. The lowest BCUT2D eigenvalue weighted by atomic mass is 10.0. The van der Waals surface area contributed by atoms with Crippen LogP contribution in [0.2, 0.25) is 0 Å². The monoisotopic (exact) mass is 285 g/mol. The molecule has 0 aliphatic heterocycles. The number of unbranched alkanes of at least 4 members (excludes halogenated alkanes) is 5. The Morgan fingerprint density at radius 3 is 2.52 bits per heavy atom. The van der Waals surface area contributed by atoms with Crippen molar-refractivity contribution in [2.24, 2.45) is 5.73 Å². The first kappa shape index (κ1) is 15.8. The number of para-hydroxylation sites is 1. The van der Waals surface area contributed by atoms with Crippen LogP contribution in [0.15, 0.2) is 42.7 Å². The Hall–Kier alpha value is -1.61. The molecule has 0 radical (unpaired) electrons. The van der Waals surface area contributed by atoms with E-state index in [2.05, 4.69) is 30.4 Å². The van der Waals surface area contributed by atoms with Crippen molar-refractivity contribution in [3.63, 3.8) is 0 Å². The van der Waals surface area contributed by atoms with E-state index in [1.807, 2.05) is 29.1 Å². The van der Waals surface area contributed by atoms with Crippen LogP contribution in [0.1, 0.15) is 63.5 Å². The van der Waals surface area contributed by atoms with Crippen LogP contribution < -0.4 is 5.73 Å². The molecule has 3 nitrogen and oxygen atoms in total. The van der Waals surface area contributed by atoms with Gasteiger partial charge >= 0.3 is 0 Å². The lowest BCUT2D eigenvalue weighted by Crippen LogP contribution is -2.09. The molecule has 1 unspecified atom stereocenters. The lowest BCUT2D eigenvalue weighted by molar-refractivity contribution is 0.547. The van der Waals surface area contributed by atoms with Gasteiger partial charge in [0.2, 0.25) is 0 Å². The molecule has 1 heterocycles. The molecule has 0 aliphatic rings. The Kier molecular flexibility index (Phi) is 6.48. The average molecular weight is 285 g/mol. The number of hydrogen-bond acceptors (Lipinski definition) is 2. The van der Waals surface area contributed by atoms with Gasteiger partial charge < -0.3 is 5.73 Å². The predicted octanol–water partition coefficient (Wildman–Crippen LogP) is 4.62. The molecule has 0 saturated heterocycles. The zero-order valence-corrected chi connectivity index (χ0v) is 13.0. The first-order chi connectivity index (χ1) is 10.3. The summed E-state index contributed by atoms with van der Waals surface area (Å²) in [6.45, 7) is 2.25. The minimum absolute atomic E-state index is 0.105. The SMILES string of the molecule is CCCCCCCCC(N)c1cnn(-c2ccccc2)c1. The molecule has 1 aromatic heterocycles. The summed E-state index contributed by atoms with van der Waals surface area (Å²) in [4.78, 5) is 0. The highest BCUT2D eigenvalue weighted by atomic mass is 15.3. The molecule has 0 fully saturated rings. The molecule has 2 rings (SSSR count). The largest absolute Gasteiger partial charge is 0.324 e. The van der Waals surface area contributed by atoms with Gasteiger partial charge in [0, 0.05) is 17.8 Å². The predicted molar refractivity (Wildman–Crippen MR) is 88.5 cm³/mol. The molecule has 0 saturated carbocycles. The van der Waals surface area contributed by atoms with Gasteiger partial charge in [-0.3, -0.25) is 0 Å². The third kappa shape index (κ3) is 5.01. The van der Waals surface area contributed by atoms with Gasteiger partial charge in [0.15, 0.2) is 0 Å². The van der Waals surface area contributed by atoms with Crippen molar-refractivity contribution in [1.29, 1.82) is 0 Å². The molecule has 2 N–H and O–H groups in total. The summed E-state index contributed by atoms with van der Waals surface area (Å²) in [5.74, 6) is 0.